The summed E-state index contributed by atoms with van der Waals surface area (Å²) in [6, 6.07) is 0. The van der Waals surface area contributed by atoms with E-state index >= 15 is 0 Å². The Balaban J connectivity index is 0. The summed E-state index contributed by atoms with van der Waals surface area (Å²) in [6.07, 6.45) is -31.0. The number of rotatable bonds is 11. The second-order valence-corrected chi connectivity index (χ2v) is 8.64. The predicted octanol–water partition coefficient (Wildman–Crippen LogP) is 6.86. The first-order valence-corrected chi connectivity index (χ1v) is 11.2. The molecule has 0 aromatic heterocycles. The van der Waals surface area contributed by atoms with Crippen molar-refractivity contribution in [3.8, 4) is 0 Å². The lowest BCUT2D eigenvalue weighted by molar-refractivity contribution is -0.353. The Morgan fingerprint density at radius 1 is 0.765 bits per heavy atom. The number of hydrogen-bond acceptors (Lipinski definition) is 3. The fourth-order valence-electron chi connectivity index (χ4n) is 2.74. The molecule has 1 N–H and O–H groups in total. The van der Waals surface area contributed by atoms with E-state index in [1.54, 1.807) is 19.0 Å². The van der Waals surface area contributed by atoms with Crippen molar-refractivity contribution >= 4 is 23.4 Å². The minimum absolute atomic E-state index is 0.110. The van der Waals surface area contributed by atoms with Crippen LogP contribution in [-0.2, 0) is 0 Å². The molecule has 0 saturated carbocycles. The monoisotopic (exact) mass is 573 g/mol. The van der Waals surface area contributed by atoms with Crippen LogP contribution in [0.25, 0.3) is 0 Å². The zero-order valence-electron chi connectivity index (χ0n) is 18.1. The summed E-state index contributed by atoms with van der Waals surface area (Å²) in [5.74, 6) is -7.38. The average Bonchev–Trinajstić information content (AvgIpc) is 2.60. The normalized spacial score (nSPS) is 16.7. The van der Waals surface area contributed by atoms with Crippen LogP contribution >= 0.6 is 23.4 Å². The molecule has 0 rings (SSSR count). The number of aliphatic hydroxyl groups excluding tert-OH is 1. The number of hydrogen-bond donors (Lipinski definition) is 1. The van der Waals surface area contributed by atoms with Crippen LogP contribution in [0, 0.1) is 11.8 Å². The summed E-state index contributed by atoms with van der Waals surface area (Å²) in [6.45, 7) is 0.124. The van der Waals surface area contributed by atoms with Crippen molar-refractivity contribution in [2.75, 3.05) is 38.5 Å². The Hall–Kier alpha value is -0.350. The highest BCUT2D eigenvalue weighted by Gasteiger charge is 2.74. The van der Waals surface area contributed by atoms with E-state index in [0.29, 0.717) is 11.8 Å². The molecule has 0 fully saturated rings. The Bertz CT molecular complexity index is 550. The van der Waals surface area contributed by atoms with E-state index in [9.17, 15) is 62.2 Å². The number of thioether (sulfide) groups is 1. The van der Waals surface area contributed by atoms with Crippen molar-refractivity contribution in [3.05, 3.63) is 0 Å². The van der Waals surface area contributed by atoms with E-state index in [2.05, 4.69) is 11.6 Å². The minimum atomic E-state index is -6.82. The molecule has 17 heteroatoms. The van der Waals surface area contributed by atoms with Crippen molar-refractivity contribution in [2.24, 2.45) is 11.8 Å². The number of aliphatic hydroxyl groups is 1. The van der Waals surface area contributed by atoms with Gasteiger partial charge in [0.2, 0.25) is 0 Å². The van der Waals surface area contributed by atoms with Crippen molar-refractivity contribution < 1.29 is 62.2 Å². The zero-order valence-corrected chi connectivity index (χ0v) is 19.6. The third-order valence-electron chi connectivity index (χ3n) is 4.42. The molecule has 208 valence electrons. The van der Waals surface area contributed by atoms with Crippen molar-refractivity contribution in [2.45, 2.75) is 55.7 Å². The van der Waals surface area contributed by atoms with Gasteiger partial charge >= 0.3 is 24.7 Å². The fourth-order valence-corrected chi connectivity index (χ4v) is 3.74. The van der Waals surface area contributed by atoms with Crippen LogP contribution in [0.3, 0.4) is 0 Å². The maximum Gasteiger partial charge on any atom is 0.431 e. The second-order valence-electron chi connectivity index (χ2n) is 7.49. The number of nitrogens with zero attached hydrogens (tertiary/aromatic N) is 1. The van der Waals surface area contributed by atoms with Crippen molar-refractivity contribution in [1.82, 2.24) is 4.90 Å². The lowest BCUT2D eigenvalue weighted by Gasteiger charge is -2.35. The highest BCUT2D eigenvalue weighted by atomic mass is 35.5. The quantitative estimate of drug-likeness (QED) is 0.166. The summed E-state index contributed by atoms with van der Waals surface area (Å²) >= 11 is 5.35. The van der Waals surface area contributed by atoms with Crippen LogP contribution in [0.1, 0.15) is 19.3 Å². The van der Waals surface area contributed by atoms with E-state index in [1.807, 2.05) is 0 Å². The largest absolute Gasteiger partial charge is 0.431 e. The molecule has 0 spiro atoms. The second kappa shape index (κ2) is 13.8. The van der Waals surface area contributed by atoms with Crippen molar-refractivity contribution in [1.29, 1.82) is 0 Å². The molecule has 0 heterocycles. The topological polar surface area (TPSA) is 23.5 Å². The van der Waals surface area contributed by atoms with Crippen LogP contribution in [0.4, 0.5) is 57.1 Å². The first-order chi connectivity index (χ1) is 15.0. The van der Waals surface area contributed by atoms with Crippen molar-refractivity contribution in [3.63, 3.8) is 0 Å². The molecular formula is C17H25ClF13NOS. The summed E-state index contributed by atoms with van der Waals surface area (Å²) < 4.78 is 168. The summed E-state index contributed by atoms with van der Waals surface area (Å²) in [7, 11) is 3.16. The molecule has 34 heavy (non-hydrogen) atoms. The third kappa shape index (κ3) is 12.1. The van der Waals surface area contributed by atoms with Gasteiger partial charge in [-0.15, -0.1) is 11.6 Å². The van der Waals surface area contributed by atoms with Gasteiger partial charge in [0, 0.05) is 25.1 Å². The molecule has 0 aliphatic heterocycles. The molecule has 0 aliphatic rings. The van der Waals surface area contributed by atoms with E-state index in [1.165, 1.54) is 6.38 Å². The van der Waals surface area contributed by atoms with Gasteiger partial charge in [-0.1, -0.05) is 0 Å². The lowest BCUT2D eigenvalue weighted by Crippen LogP contribution is -2.55. The Morgan fingerprint density at radius 2 is 1.18 bits per heavy atom. The van der Waals surface area contributed by atoms with Gasteiger partial charge in [0.15, 0.2) is 0 Å². The van der Waals surface area contributed by atoms with E-state index in [0.717, 1.165) is 0 Å². The maximum atomic E-state index is 13.8. The van der Waals surface area contributed by atoms with E-state index in [-0.39, 0.29) is 12.3 Å². The predicted molar refractivity (Wildman–Crippen MR) is 103 cm³/mol. The molecule has 0 bridgehead atoms. The van der Waals surface area contributed by atoms with E-state index in [4.69, 9.17) is 0 Å². The molecular weight excluding hydrogens is 549 g/mol. The molecule has 0 radical (unpaired) electrons. The molecule has 0 aromatic carbocycles. The van der Waals surface area contributed by atoms with Gasteiger partial charge < -0.3 is 10.0 Å². The third-order valence-corrected chi connectivity index (χ3v) is 5.56. The standard InChI is InChI=1S/C16H22F13NOS.CH3Cl/c1-30(2)7-11(31)8-32-4-3-9(13(18,19)20)5-10(14(21,22)23)6-12(17,15(24,25)26)16(27,28)29;1-2/h9-11,31H,3-8H2,1-2H3;1H3. The first kappa shape index (κ1) is 35.8. The van der Waals surface area contributed by atoms with Crippen LogP contribution < -0.4 is 0 Å². The van der Waals surface area contributed by atoms with Gasteiger partial charge in [-0.25, -0.2) is 4.39 Å². The molecule has 0 aromatic rings. The Morgan fingerprint density at radius 3 is 1.50 bits per heavy atom. The molecule has 3 unspecified atom stereocenters. The fraction of sp³-hybridized carbons (Fsp3) is 1.00. The zero-order chi connectivity index (χ0) is 27.8. The number of likely N-dealkylation sites (N-methyl/N-ethyl adjacent to an activating group) is 1. The summed E-state index contributed by atoms with van der Waals surface area (Å²) in [5, 5.41) is 9.59. The van der Waals surface area contributed by atoms with Gasteiger partial charge in [0.1, 0.15) is 0 Å². The Labute approximate surface area is 197 Å². The Kier molecular flexibility index (Phi) is 14.6. The van der Waals surface area contributed by atoms with Gasteiger partial charge in [0.25, 0.3) is 5.67 Å². The lowest BCUT2D eigenvalue weighted by atomic mass is 9.83. The van der Waals surface area contributed by atoms with E-state index < -0.39 is 73.3 Å². The first-order valence-electron chi connectivity index (χ1n) is 9.26. The highest BCUT2D eigenvalue weighted by molar-refractivity contribution is 7.99. The summed E-state index contributed by atoms with van der Waals surface area (Å²) in [4.78, 5) is 1.54. The molecule has 0 aliphatic carbocycles. The maximum absolute atomic E-state index is 13.8. The summed E-state index contributed by atoms with van der Waals surface area (Å²) in [5.41, 5.74) is -6.33. The average molecular weight is 574 g/mol. The van der Waals surface area contributed by atoms with Crippen LogP contribution in [0.2, 0.25) is 0 Å². The van der Waals surface area contributed by atoms with Gasteiger partial charge in [0.05, 0.1) is 17.9 Å². The molecule has 0 saturated heterocycles. The molecule has 0 amide bonds. The van der Waals surface area contributed by atoms with Crippen LogP contribution in [0.15, 0.2) is 0 Å². The highest BCUT2D eigenvalue weighted by Crippen LogP contribution is 2.53. The van der Waals surface area contributed by atoms with Gasteiger partial charge in [-0.2, -0.15) is 64.4 Å². The van der Waals surface area contributed by atoms with Gasteiger partial charge in [-0.3, -0.25) is 0 Å². The van der Waals surface area contributed by atoms with Crippen LogP contribution in [0.5, 0.6) is 0 Å². The molecule has 3 atom stereocenters. The smallest absolute Gasteiger partial charge is 0.391 e. The SMILES string of the molecule is CCl.CN(C)CC(O)CSCCC(CC(CC(F)(C(F)(F)F)C(F)(F)F)C(F)(F)F)C(F)(F)F. The molecule has 2 nitrogen and oxygen atoms in total. The number of alkyl halides is 14. The van der Waals surface area contributed by atoms with Gasteiger partial charge in [-0.05, 0) is 32.7 Å². The minimum Gasteiger partial charge on any atom is -0.391 e. The number of halogens is 14. The van der Waals surface area contributed by atoms with Crippen LogP contribution in [-0.4, -0.2) is 85.0 Å².